The molecule has 172 valence electrons. The molecule has 0 aliphatic heterocycles. The monoisotopic (exact) mass is 447 g/mol. The van der Waals surface area contributed by atoms with Gasteiger partial charge in [0.25, 0.3) is 10.1 Å². The molecular weight excluding hydrogens is 401 g/mol. The number of aliphatic carboxylic acids is 1. The molecule has 6 nitrogen and oxygen atoms in total. The van der Waals surface area contributed by atoms with Gasteiger partial charge in [-0.25, -0.2) is 0 Å². The van der Waals surface area contributed by atoms with Crippen LogP contribution in [0.3, 0.4) is 0 Å². The van der Waals surface area contributed by atoms with E-state index in [9.17, 15) is 13.2 Å². The predicted molar refractivity (Wildman–Crippen MR) is 126 cm³/mol. The van der Waals surface area contributed by atoms with E-state index >= 15 is 0 Å². The fraction of sp³-hybridized carbons (Fsp3) is 0.857. The Kier molecular flexibility index (Phi) is 38.1. The zero-order valence-corrected chi connectivity index (χ0v) is 19.2. The number of allylic oxidation sites excluding steroid dienone is 2. The van der Waals surface area contributed by atoms with E-state index in [-0.39, 0.29) is 35.3 Å². The number of carboxylic acid groups (broad SMARTS) is 1. The molecule has 0 amide bonds. The molecule has 4 N–H and O–H groups in total. The third-order valence-corrected chi connectivity index (χ3v) is 4.75. The average molecular weight is 448 g/mol. The van der Waals surface area contributed by atoms with E-state index in [2.05, 4.69) is 24.8 Å². The van der Waals surface area contributed by atoms with Gasteiger partial charge < -0.3 is 10.8 Å². The molecule has 0 unspecified atom stereocenters. The van der Waals surface area contributed by atoms with Crippen molar-refractivity contribution in [1.29, 1.82) is 0 Å². The number of hydrogen-bond donors (Lipinski definition) is 3. The van der Waals surface area contributed by atoms with Crippen molar-refractivity contribution in [2.75, 3.05) is 12.8 Å². The Bertz CT molecular complexity index is 442. The van der Waals surface area contributed by atoms with Gasteiger partial charge in [-0.05, 0) is 46.1 Å². The van der Waals surface area contributed by atoms with Crippen LogP contribution in [0.15, 0.2) is 12.2 Å². The van der Waals surface area contributed by atoms with Crippen LogP contribution in [0, 0.1) is 0 Å². The van der Waals surface area contributed by atoms with Crippen molar-refractivity contribution >= 4 is 45.6 Å². The fourth-order valence-corrected chi connectivity index (χ4v) is 2.35. The van der Waals surface area contributed by atoms with E-state index in [0.29, 0.717) is 6.42 Å². The molecule has 0 saturated carbocycles. The Balaban J connectivity index is -0.000000296. The number of nitrogens with two attached hydrogens (primary N) is 1. The van der Waals surface area contributed by atoms with Crippen molar-refractivity contribution in [1.82, 2.24) is 0 Å². The van der Waals surface area contributed by atoms with Crippen LogP contribution in [0.4, 0.5) is 0 Å². The quantitative estimate of drug-likeness (QED) is 0.134. The van der Waals surface area contributed by atoms with Gasteiger partial charge in [-0.2, -0.15) is 8.42 Å². The van der Waals surface area contributed by atoms with E-state index < -0.39 is 16.1 Å². The molecule has 0 aliphatic rings. The minimum atomic E-state index is -3.66. The van der Waals surface area contributed by atoms with Gasteiger partial charge in [-0.3, -0.25) is 9.35 Å². The summed E-state index contributed by atoms with van der Waals surface area (Å²) in [4.78, 5) is 10.3. The molecule has 0 radical (unpaired) electrons. The second-order valence-corrected chi connectivity index (χ2v) is 8.34. The molecule has 0 aromatic carbocycles. The summed E-state index contributed by atoms with van der Waals surface area (Å²) in [5.41, 5.74) is 4.50. The van der Waals surface area contributed by atoms with E-state index in [4.69, 9.17) is 9.66 Å². The van der Waals surface area contributed by atoms with E-state index in [1.165, 1.54) is 84.6 Å². The summed E-state index contributed by atoms with van der Waals surface area (Å²) in [7, 11) is -2.16. The van der Waals surface area contributed by atoms with Gasteiger partial charge in [0.2, 0.25) is 0 Å². The number of carboxylic acids is 1. The second-order valence-electron chi connectivity index (χ2n) is 6.60. The van der Waals surface area contributed by atoms with Crippen LogP contribution >= 0.6 is 0 Å². The summed E-state index contributed by atoms with van der Waals surface area (Å²) < 4.78 is 26.9. The van der Waals surface area contributed by atoms with Crippen molar-refractivity contribution in [3.63, 3.8) is 0 Å². The summed E-state index contributed by atoms with van der Waals surface area (Å²) in [5, 5.41) is 8.51. The zero-order valence-electron chi connectivity index (χ0n) is 18.4. The zero-order chi connectivity index (χ0) is 22.1. The summed E-state index contributed by atoms with van der Waals surface area (Å²) in [6.45, 7) is 3.63. The average Bonchev–Trinajstić information content (AvgIpc) is 2.66. The molecule has 0 bridgehead atoms. The van der Waals surface area contributed by atoms with Gasteiger partial charge in [-0.15, -0.1) is 0 Å². The molecule has 0 fully saturated rings. The minimum absolute atomic E-state index is 0. The summed E-state index contributed by atoms with van der Waals surface area (Å²) >= 11 is 0. The molecule has 0 aromatic heterocycles. The molecule has 0 spiro atoms. The maximum atomic E-state index is 10.3. The van der Waals surface area contributed by atoms with Gasteiger partial charge in [0.05, 0.1) is 5.75 Å². The topological polar surface area (TPSA) is 118 Å². The van der Waals surface area contributed by atoms with Crippen molar-refractivity contribution in [3.05, 3.63) is 12.2 Å². The van der Waals surface area contributed by atoms with Crippen molar-refractivity contribution in [3.8, 4) is 0 Å². The van der Waals surface area contributed by atoms with Crippen LogP contribution in [0.1, 0.15) is 104 Å². The number of unbranched alkanes of at least 4 members (excludes halogenated alkanes) is 11. The normalized spacial score (nSPS) is 10.4. The molecule has 0 rings (SSSR count). The predicted octanol–water partition coefficient (Wildman–Crippen LogP) is 4.93. The maximum absolute atomic E-state index is 10.3. The third-order valence-electron chi connectivity index (χ3n) is 4.02. The Morgan fingerprint density at radius 3 is 1.48 bits per heavy atom. The van der Waals surface area contributed by atoms with E-state index in [0.717, 1.165) is 12.8 Å². The standard InChI is InChI=1S/C18H34O2.C2H6O3S.CH5N.Na.H/c1-2-3-4-5-6-7-8-9-10-11-12-13-14-15-16-17-18(19)20;1-2-6(3,4)5;1-2;;/h9-10H,2-8,11-17H2,1H3,(H,19,20);2H2,1H3,(H,3,4,5);2H2,1H3;;/b10-9-;;;;. The van der Waals surface area contributed by atoms with Crippen LogP contribution in [-0.4, -0.2) is 66.4 Å². The number of carbonyl (C=O) groups is 1. The van der Waals surface area contributed by atoms with Crippen molar-refractivity contribution < 1.29 is 22.9 Å². The van der Waals surface area contributed by atoms with Crippen LogP contribution < -0.4 is 5.73 Å². The SMILES string of the molecule is CCCCCCCC/C=C\CCCCCCCC(=O)O.CCS(=O)(=O)O.CN.[NaH]. The van der Waals surface area contributed by atoms with E-state index in [1.807, 2.05) is 0 Å². The third kappa shape index (κ3) is 47.4. The van der Waals surface area contributed by atoms with Crippen LogP contribution in [0.2, 0.25) is 0 Å². The molecule has 0 aromatic rings. The first kappa shape index (κ1) is 36.5. The van der Waals surface area contributed by atoms with Gasteiger partial charge in [0, 0.05) is 6.42 Å². The Labute approximate surface area is 202 Å². The van der Waals surface area contributed by atoms with Crippen molar-refractivity contribution in [2.45, 2.75) is 104 Å². The fourth-order valence-electron chi connectivity index (χ4n) is 2.35. The molecule has 0 saturated heterocycles. The molecule has 8 heteroatoms. The molecule has 0 aliphatic carbocycles. The molecule has 0 heterocycles. The van der Waals surface area contributed by atoms with Gasteiger partial charge >= 0.3 is 35.5 Å². The Hall–Kier alpha value is 0.0800. The van der Waals surface area contributed by atoms with Gasteiger partial charge in [-0.1, -0.05) is 70.4 Å². The Morgan fingerprint density at radius 1 is 0.793 bits per heavy atom. The summed E-state index contributed by atoms with van der Waals surface area (Å²) in [6, 6.07) is 0. The second kappa shape index (κ2) is 30.3. The van der Waals surface area contributed by atoms with Crippen LogP contribution in [0.25, 0.3) is 0 Å². The van der Waals surface area contributed by atoms with E-state index in [1.54, 1.807) is 0 Å². The summed E-state index contributed by atoms with van der Waals surface area (Å²) in [6.07, 6.45) is 21.2. The van der Waals surface area contributed by atoms with Crippen LogP contribution in [0.5, 0.6) is 0 Å². The summed E-state index contributed by atoms with van der Waals surface area (Å²) in [5.74, 6) is -0.866. The van der Waals surface area contributed by atoms with Crippen LogP contribution in [-0.2, 0) is 14.9 Å². The van der Waals surface area contributed by atoms with Crippen molar-refractivity contribution in [2.24, 2.45) is 5.73 Å². The first-order chi connectivity index (χ1) is 13.3. The van der Waals surface area contributed by atoms with Gasteiger partial charge in [0.1, 0.15) is 0 Å². The molecule has 29 heavy (non-hydrogen) atoms. The number of rotatable bonds is 16. The first-order valence-corrected chi connectivity index (χ1v) is 12.3. The first-order valence-electron chi connectivity index (χ1n) is 10.7. The van der Waals surface area contributed by atoms with Gasteiger partial charge in [0.15, 0.2) is 0 Å². The molecule has 0 atom stereocenters. The number of hydrogen-bond acceptors (Lipinski definition) is 4. The Morgan fingerprint density at radius 2 is 1.14 bits per heavy atom. The molecular formula is C21H46NNaO5S.